The van der Waals surface area contributed by atoms with Crippen LogP contribution in [0.25, 0.3) is 0 Å². The first-order valence-electron chi connectivity index (χ1n) is 10.3. The van der Waals surface area contributed by atoms with E-state index >= 15 is 0 Å². The average molecular weight is 431 g/mol. The molecule has 1 saturated heterocycles. The minimum absolute atomic E-state index is 0.0224. The highest BCUT2D eigenvalue weighted by Crippen LogP contribution is 2.36. The second-order valence-corrected chi connectivity index (χ2v) is 8.87. The van der Waals surface area contributed by atoms with Crippen molar-refractivity contribution in [3.8, 4) is 0 Å². The fourth-order valence-electron chi connectivity index (χ4n) is 4.06. The number of amides is 2. The Labute approximate surface area is 187 Å². The summed E-state index contributed by atoms with van der Waals surface area (Å²) in [5.41, 5.74) is 5.56. The number of hydrogen-bond donors (Lipinski definition) is 0. The van der Waals surface area contributed by atoms with E-state index in [4.69, 9.17) is 0 Å². The normalized spacial score (nSPS) is 16.7. The number of benzene rings is 3. The minimum atomic E-state index is -0.708. The molecule has 1 unspecified atom stereocenters. The predicted octanol–water partition coefficient (Wildman–Crippen LogP) is 5.45. The van der Waals surface area contributed by atoms with Crippen molar-refractivity contribution in [1.82, 2.24) is 0 Å². The van der Waals surface area contributed by atoms with Crippen LogP contribution >= 0.6 is 11.8 Å². The number of aryl methyl sites for hydroxylation is 3. The van der Waals surface area contributed by atoms with Gasteiger partial charge in [0.15, 0.2) is 0 Å². The Morgan fingerprint density at radius 2 is 1.48 bits per heavy atom. The molecule has 4 rings (SSSR count). The molecule has 0 spiro atoms. The zero-order valence-corrected chi connectivity index (χ0v) is 19.1. The Bertz CT molecular complexity index is 1120. The number of anilines is 2. The molecule has 0 bridgehead atoms. The molecule has 0 aliphatic carbocycles. The van der Waals surface area contributed by atoms with Crippen molar-refractivity contribution in [2.75, 3.05) is 22.6 Å². The van der Waals surface area contributed by atoms with Crippen LogP contribution in [0.3, 0.4) is 0 Å². The van der Waals surface area contributed by atoms with Crippen LogP contribution in [0, 0.1) is 20.8 Å². The van der Waals surface area contributed by atoms with Crippen molar-refractivity contribution in [2.45, 2.75) is 31.7 Å². The molecule has 1 aliphatic rings. The summed E-state index contributed by atoms with van der Waals surface area (Å²) in [6.45, 7) is 6.04. The van der Waals surface area contributed by atoms with Crippen molar-refractivity contribution in [2.24, 2.45) is 0 Å². The monoisotopic (exact) mass is 430 g/mol. The Morgan fingerprint density at radius 1 is 0.839 bits per heavy atom. The standard InChI is InChI=1S/C26H26N2O2S/c1-17-5-10-21(11-6-17)27-16-24(29)28(23-14-7-18(2)15-19(23)3)25(26(27)30)20-8-12-22(31-4)13-9-20/h5-15,25H,16H2,1-4H3. The lowest BCUT2D eigenvalue weighted by atomic mass is 9.98. The minimum Gasteiger partial charge on any atom is -0.301 e. The number of nitrogens with zero attached hydrogens (tertiary/aromatic N) is 2. The lowest BCUT2D eigenvalue weighted by Crippen LogP contribution is -2.56. The molecule has 1 atom stereocenters. The van der Waals surface area contributed by atoms with Gasteiger partial charge in [0.1, 0.15) is 12.6 Å². The molecule has 4 nitrogen and oxygen atoms in total. The largest absolute Gasteiger partial charge is 0.301 e. The van der Waals surface area contributed by atoms with Crippen LogP contribution in [0.2, 0.25) is 0 Å². The third-order valence-electron chi connectivity index (χ3n) is 5.71. The summed E-state index contributed by atoms with van der Waals surface area (Å²) in [6.07, 6.45) is 2.02. The van der Waals surface area contributed by atoms with E-state index in [1.165, 1.54) is 0 Å². The zero-order chi connectivity index (χ0) is 22.1. The van der Waals surface area contributed by atoms with Crippen LogP contribution < -0.4 is 9.80 Å². The Morgan fingerprint density at radius 3 is 2.10 bits per heavy atom. The summed E-state index contributed by atoms with van der Waals surface area (Å²) in [7, 11) is 0. The van der Waals surface area contributed by atoms with Gasteiger partial charge in [-0.15, -0.1) is 11.8 Å². The van der Waals surface area contributed by atoms with Crippen molar-refractivity contribution in [3.05, 3.63) is 89.0 Å². The average Bonchev–Trinajstić information content (AvgIpc) is 2.76. The molecule has 158 valence electrons. The Kier molecular flexibility index (Phi) is 5.88. The van der Waals surface area contributed by atoms with Gasteiger partial charge in [0, 0.05) is 16.3 Å². The van der Waals surface area contributed by atoms with Crippen LogP contribution in [0.5, 0.6) is 0 Å². The maximum atomic E-state index is 13.8. The molecule has 1 heterocycles. The molecule has 0 N–H and O–H groups in total. The van der Waals surface area contributed by atoms with Crippen LogP contribution in [0.15, 0.2) is 71.6 Å². The molecule has 0 aromatic heterocycles. The van der Waals surface area contributed by atoms with Gasteiger partial charge in [-0.25, -0.2) is 0 Å². The molecule has 31 heavy (non-hydrogen) atoms. The van der Waals surface area contributed by atoms with E-state index in [0.717, 1.165) is 38.5 Å². The molecular formula is C26H26N2O2S. The second kappa shape index (κ2) is 8.60. The first-order valence-corrected chi connectivity index (χ1v) is 11.5. The second-order valence-electron chi connectivity index (χ2n) is 7.99. The van der Waals surface area contributed by atoms with E-state index in [9.17, 15) is 9.59 Å². The summed E-state index contributed by atoms with van der Waals surface area (Å²) in [5.74, 6) is -0.189. The first kappa shape index (κ1) is 21.2. The Balaban J connectivity index is 1.82. The predicted molar refractivity (Wildman–Crippen MR) is 128 cm³/mol. The molecule has 5 heteroatoms. The van der Waals surface area contributed by atoms with Crippen molar-refractivity contribution >= 4 is 35.0 Å². The van der Waals surface area contributed by atoms with Gasteiger partial charge in [-0.05, 0) is 68.5 Å². The van der Waals surface area contributed by atoms with Gasteiger partial charge in [-0.3, -0.25) is 14.5 Å². The maximum Gasteiger partial charge on any atom is 0.255 e. The van der Waals surface area contributed by atoms with Gasteiger partial charge in [-0.2, -0.15) is 0 Å². The summed E-state index contributed by atoms with van der Waals surface area (Å²) in [4.78, 5) is 31.7. The van der Waals surface area contributed by atoms with Crippen LogP contribution in [-0.4, -0.2) is 24.6 Å². The number of rotatable bonds is 4. The van der Waals surface area contributed by atoms with Crippen LogP contribution in [0.1, 0.15) is 28.3 Å². The third kappa shape index (κ3) is 4.10. The molecule has 0 saturated carbocycles. The SMILES string of the molecule is CSc1ccc(C2C(=O)N(c3ccc(C)cc3)CC(=O)N2c2ccc(C)cc2C)cc1. The van der Waals surface area contributed by atoms with Crippen LogP contribution in [0.4, 0.5) is 11.4 Å². The highest BCUT2D eigenvalue weighted by Gasteiger charge is 2.42. The maximum absolute atomic E-state index is 13.8. The lowest BCUT2D eigenvalue weighted by molar-refractivity contribution is -0.128. The smallest absolute Gasteiger partial charge is 0.255 e. The van der Waals surface area contributed by atoms with Crippen molar-refractivity contribution in [3.63, 3.8) is 0 Å². The van der Waals surface area contributed by atoms with E-state index in [1.54, 1.807) is 21.6 Å². The summed E-state index contributed by atoms with van der Waals surface area (Å²) < 4.78 is 0. The van der Waals surface area contributed by atoms with Gasteiger partial charge < -0.3 is 4.90 Å². The fraction of sp³-hybridized carbons (Fsp3) is 0.231. The Hall–Kier alpha value is -3.05. The number of carbonyl (C=O) groups excluding carboxylic acids is 2. The molecule has 2 amide bonds. The zero-order valence-electron chi connectivity index (χ0n) is 18.3. The van der Waals surface area contributed by atoms with E-state index < -0.39 is 6.04 Å². The van der Waals surface area contributed by atoms with Gasteiger partial charge >= 0.3 is 0 Å². The molecule has 1 aliphatic heterocycles. The van der Waals surface area contributed by atoms with E-state index in [2.05, 4.69) is 0 Å². The summed E-state index contributed by atoms with van der Waals surface area (Å²) in [6, 6.07) is 20.9. The number of hydrogen-bond acceptors (Lipinski definition) is 3. The lowest BCUT2D eigenvalue weighted by Gasteiger charge is -2.41. The summed E-state index contributed by atoms with van der Waals surface area (Å²) >= 11 is 1.65. The third-order valence-corrected chi connectivity index (χ3v) is 6.45. The highest BCUT2D eigenvalue weighted by molar-refractivity contribution is 7.98. The van der Waals surface area contributed by atoms with E-state index in [1.807, 2.05) is 93.8 Å². The molecule has 3 aromatic carbocycles. The topological polar surface area (TPSA) is 40.6 Å². The van der Waals surface area contributed by atoms with E-state index in [-0.39, 0.29) is 18.4 Å². The van der Waals surface area contributed by atoms with Gasteiger partial charge in [0.25, 0.3) is 5.91 Å². The van der Waals surface area contributed by atoms with Crippen molar-refractivity contribution < 1.29 is 9.59 Å². The van der Waals surface area contributed by atoms with Gasteiger partial charge in [-0.1, -0.05) is 47.5 Å². The quantitative estimate of drug-likeness (QED) is 0.517. The van der Waals surface area contributed by atoms with E-state index in [0.29, 0.717) is 0 Å². The molecule has 1 fully saturated rings. The number of piperazine rings is 1. The van der Waals surface area contributed by atoms with Crippen LogP contribution in [-0.2, 0) is 9.59 Å². The van der Waals surface area contributed by atoms with Gasteiger partial charge in [0.05, 0.1) is 0 Å². The number of carbonyl (C=O) groups is 2. The number of thioether (sulfide) groups is 1. The first-order chi connectivity index (χ1) is 14.9. The van der Waals surface area contributed by atoms with Gasteiger partial charge in [0.2, 0.25) is 5.91 Å². The molecular weight excluding hydrogens is 404 g/mol. The highest BCUT2D eigenvalue weighted by atomic mass is 32.2. The fourth-order valence-corrected chi connectivity index (χ4v) is 4.47. The molecule has 3 aromatic rings. The van der Waals surface area contributed by atoms with Crippen molar-refractivity contribution in [1.29, 1.82) is 0 Å². The molecule has 0 radical (unpaired) electrons. The summed E-state index contributed by atoms with van der Waals surface area (Å²) in [5, 5.41) is 0.